The number of benzene rings is 2. The van der Waals surface area contributed by atoms with Gasteiger partial charge in [-0.25, -0.2) is 0 Å². The van der Waals surface area contributed by atoms with Gasteiger partial charge in [0.2, 0.25) is 11.8 Å². The fourth-order valence-electron chi connectivity index (χ4n) is 4.80. The molecule has 2 bridgehead atoms. The van der Waals surface area contributed by atoms with Crippen molar-refractivity contribution in [1.82, 2.24) is 0 Å². The molecule has 3 aliphatic carbocycles. The number of hydrogen-bond donors (Lipinski definition) is 0. The zero-order chi connectivity index (χ0) is 17.3. The predicted octanol–water partition coefficient (Wildman–Crippen LogP) is 3.30. The second kappa shape index (κ2) is 5.02. The highest BCUT2D eigenvalue weighted by atomic mass is 35.5. The molecule has 25 heavy (non-hydrogen) atoms. The van der Waals surface area contributed by atoms with E-state index in [0.29, 0.717) is 17.1 Å². The number of amides is 2. The lowest BCUT2D eigenvalue weighted by atomic mass is 9.56. The molecule has 2 amide bonds. The maximum atomic E-state index is 13.1. The van der Waals surface area contributed by atoms with E-state index in [4.69, 9.17) is 11.6 Å². The third-order valence-electron chi connectivity index (χ3n) is 5.77. The van der Waals surface area contributed by atoms with Gasteiger partial charge in [0.05, 0.1) is 23.4 Å². The molecule has 124 valence electrons. The zero-order valence-corrected chi connectivity index (χ0v) is 13.9. The van der Waals surface area contributed by atoms with Gasteiger partial charge < -0.3 is 0 Å². The first-order valence-electron chi connectivity index (χ1n) is 8.33. The van der Waals surface area contributed by atoms with Gasteiger partial charge in [-0.3, -0.25) is 19.3 Å². The number of ketones is 1. The molecule has 2 fully saturated rings. The van der Waals surface area contributed by atoms with Gasteiger partial charge in [0.25, 0.3) is 0 Å². The van der Waals surface area contributed by atoms with Crippen LogP contribution in [0.25, 0.3) is 0 Å². The number of imide groups is 1. The van der Waals surface area contributed by atoms with E-state index in [0.717, 1.165) is 11.1 Å². The van der Waals surface area contributed by atoms with E-state index in [1.54, 1.807) is 24.3 Å². The van der Waals surface area contributed by atoms with Gasteiger partial charge in [-0.1, -0.05) is 35.9 Å². The van der Waals surface area contributed by atoms with Crippen molar-refractivity contribution in [1.29, 1.82) is 0 Å². The van der Waals surface area contributed by atoms with Crippen LogP contribution in [0, 0.1) is 11.8 Å². The Kier molecular flexibility index (Phi) is 2.98. The van der Waals surface area contributed by atoms with Crippen molar-refractivity contribution in [3.05, 3.63) is 64.7 Å². The maximum Gasteiger partial charge on any atom is 0.238 e. The number of carbonyl (C=O) groups is 3. The molecule has 0 N–H and O–H groups in total. The molecule has 2 aromatic rings. The van der Waals surface area contributed by atoms with Crippen LogP contribution in [-0.4, -0.2) is 17.6 Å². The van der Waals surface area contributed by atoms with Gasteiger partial charge in [0.15, 0.2) is 0 Å². The van der Waals surface area contributed by atoms with Crippen molar-refractivity contribution in [2.24, 2.45) is 11.8 Å². The summed E-state index contributed by atoms with van der Waals surface area (Å²) >= 11 is 5.92. The molecule has 1 heterocycles. The van der Waals surface area contributed by atoms with Crippen LogP contribution >= 0.6 is 11.6 Å². The molecule has 1 saturated heterocycles. The lowest BCUT2D eigenvalue weighted by Crippen LogP contribution is -2.44. The van der Waals surface area contributed by atoms with Crippen molar-refractivity contribution in [2.75, 3.05) is 4.90 Å². The first-order chi connectivity index (χ1) is 12.1. The van der Waals surface area contributed by atoms with Gasteiger partial charge >= 0.3 is 0 Å². The van der Waals surface area contributed by atoms with Crippen LogP contribution in [0.5, 0.6) is 0 Å². The van der Waals surface area contributed by atoms with E-state index < -0.39 is 17.8 Å². The second-order valence-corrected chi connectivity index (χ2v) is 7.36. The largest absolute Gasteiger partial charge is 0.299 e. The molecule has 6 rings (SSSR count). The number of rotatable bonds is 1. The minimum absolute atomic E-state index is 0.0732. The molecule has 4 aliphatic rings. The number of fused-ring (bicyclic) bond motifs is 1. The topological polar surface area (TPSA) is 54.5 Å². The Morgan fingerprint density at radius 1 is 0.840 bits per heavy atom. The molecule has 2 aromatic carbocycles. The third-order valence-corrected chi connectivity index (χ3v) is 6.03. The molecule has 4 atom stereocenters. The lowest BCUT2D eigenvalue weighted by Gasteiger charge is -2.43. The highest BCUT2D eigenvalue weighted by Crippen LogP contribution is 2.57. The molecule has 0 aromatic heterocycles. The number of anilines is 1. The number of nitrogens with zero attached hydrogens (tertiary/aromatic N) is 1. The number of carbonyl (C=O) groups excluding carboxylic acids is 3. The minimum atomic E-state index is -0.579. The smallest absolute Gasteiger partial charge is 0.238 e. The van der Waals surface area contributed by atoms with Gasteiger partial charge in [0.1, 0.15) is 5.78 Å². The summed E-state index contributed by atoms with van der Waals surface area (Å²) in [4.78, 5) is 40.1. The Labute approximate surface area is 149 Å². The molecule has 0 radical (unpaired) electrons. The number of Topliss-reactive ketones (excluding diaryl/α,β-unsaturated/α-hetero) is 1. The number of halogens is 1. The summed E-state index contributed by atoms with van der Waals surface area (Å²) < 4.78 is 0. The van der Waals surface area contributed by atoms with Crippen molar-refractivity contribution in [3.63, 3.8) is 0 Å². The molecular weight excluding hydrogens is 338 g/mol. The van der Waals surface area contributed by atoms with Crippen LogP contribution in [0.2, 0.25) is 5.02 Å². The van der Waals surface area contributed by atoms with Crippen molar-refractivity contribution in [3.8, 4) is 0 Å². The summed E-state index contributed by atoms with van der Waals surface area (Å²) in [5.74, 6) is -2.12. The van der Waals surface area contributed by atoms with Crippen LogP contribution in [-0.2, 0) is 14.4 Å². The van der Waals surface area contributed by atoms with Gasteiger partial charge in [-0.05, 0) is 35.4 Å². The normalized spacial score (nSPS) is 29.8. The molecule has 1 aliphatic heterocycles. The molecule has 0 spiro atoms. The van der Waals surface area contributed by atoms with Crippen molar-refractivity contribution < 1.29 is 14.4 Å². The summed E-state index contributed by atoms with van der Waals surface area (Å²) in [5.41, 5.74) is 2.49. The van der Waals surface area contributed by atoms with Crippen LogP contribution in [0.1, 0.15) is 29.4 Å². The summed E-state index contributed by atoms with van der Waals surface area (Å²) in [6.07, 6.45) is 0.344. The zero-order valence-electron chi connectivity index (χ0n) is 13.2. The van der Waals surface area contributed by atoms with Gasteiger partial charge in [0, 0.05) is 17.4 Å². The van der Waals surface area contributed by atoms with E-state index in [1.165, 1.54) is 4.90 Å². The van der Waals surface area contributed by atoms with Crippen LogP contribution in [0.3, 0.4) is 0 Å². The average Bonchev–Trinajstić information content (AvgIpc) is 2.88. The standard InChI is InChI=1S/C20H14ClNO3/c21-10-5-7-11(8-6-10)22-19(24)17-14-9-15(23)16(18(17)20(22)25)13-4-2-1-3-12(13)14/h1-8,14,16-18H,9H2/t14-,16+,17+,18+/m0/s1. The Balaban J connectivity index is 1.65. The van der Waals surface area contributed by atoms with Gasteiger partial charge in [-0.15, -0.1) is 0 Å². The third kappa shape index (κ3) is 1.86. The predicted molar refractivity (Wildman–Crippen MR) is 92.5 cm³/mol. The minimum Gasteiger partial charge on any atom is -0.299 e. The van der Waals surface area contributed by atoms with E-state index in [9.17, 15) is 14.4 Å². The van der Waals surface area contributed by atoms with Crippen molar-refractivity contribution >= 4 is 34.9 Å². The Hall–Kier alpha value is -2.46. The summed E-state index contributed by atoms with van der Waals surface area (Å²) in [5, 5.41) is 0.544. The van der Waals surface area contributed by atoms with Crippen LogP contribution in [0.15, 0.2) is 48.5 Å². The molecule has 0 unspecified atom stereocenters. The van der Waals surface area contributed by atoms with Crippen LogP contribution in [0.4, 0.5) is 5.69 Å². The fourth-order valence-corrected chi connectivity index (χ4v) is 4.93. The first-order valence-corrected chi connectivity index (χ1v) is 8.70. The van der Waals surface area contributed by atoms with E-state index in [2.05, 4.69) is 0 Å². The van der Waals surface area contributed by atoms with E-state index in [-0.39, 0.29) is 23.5 Å². The first kappa shape index (κ1) is 14.8. The second-order valence-electron chi connectivity index (χ2n) is 6.92. The average molecular weight is 352 g/mol. The Morgan fingerprint density at radius 2 is 1.48 bits per heavy atom. The maximum absolute atomic E-state index is 13.1. The fraction of sp³-hybridized carbons (Fsp3) is 0.250. The summed E-state index contributed by atoms with van der Waals surface area (Å²) in [6, 6.07) is 14.4. The lowest BCUT2D eigenvalue weighted by molar-refractivity contribution is -0.134. The molecule has 4 nitrogen and oxygen atoms in total. The summed E-state index contributed by atoms with van der Waals surface area (Å²) in [6.45, 7) is 0. The van der Waals surface area contributed by atoms with Crippen LogP contribution < -0.4 is 4.90 Å². The monoisotopic (exact) mass is 351 g/mol. The number of hydrogen-bond acceptors (Lipinski definition) is 3. The SMILES string of the molecule is O=C1C[C@H]2c3ccccc3[C@H]1[C@H]1C(=O)N(c3ccc(Cl)cc3)C(=O)[C@@H]12. The Morgan fingerprint density at radius 3 is 2.20 bits per heavy atom. The van der Waals surface area contributed by atoms with Gasteiger partial charge in [-0.2, -0.15) is 0 Å². The quantitative estimate of drug-likeness (QED) is 0.741. The van der Waals surface area contributed by atoms with Crippen molar-refractivity contribution in [2.45, 2.75) is 18.3 Å². The summed E-state index contributed by atoms with van der Waals surface area (Å²) in [7, 11) is 0. The van der Waals surface area contributed by atoms with E-state index >= 15 is 0 Å². The molecule has 5 heteroatoms. The van der Waals surface area contributed by atoms with E-state index in [1.807, 2.05) is 24.3 Å². The molecule has 1 saturated carbocycles. The highest BCUT2D eigenvalue weighted by Gasteiger charge is 2.62. The Bertz CT molecular complexity index is 936. The molecular formula is C20H14ClNO3. The highest BCUT2D eigenvalue weighted by molar-refractivity contribution is 6.31.